The van der Waals surface area contributed by atoms with Crippen LogP contribution in [0.2, 0.25) is 0 Å². The Balaban J connectivity index is 0.00000480. The molecule has 180 valence electrons. The Morgan fingerprint density at radius 3 is 2.48 bits per heavy atom. The van der Waals surface area contributed by atoms with Gasteiger partial charge in [0.15, 0.2) is 5.96 Å². The van der Waals surface area contributed by atoms with E-state index in [1.54, 1.807) is 0 Å². The van der Waals surface area contributed by atoms with Gasteiger partial charge in [-0.15, -0.1) is 24.0 Å². The van der Waals surface area contributed by atoms with Crippen molar-refractivity contribution in [2.75, 3.05) is 39.3 Å². The maximum Gasteiger partial charge on any atom is 0.410 e. The number of ether oxygens (including phenoxy) is 1. The number of hydrogen-bond donors (Lipinski definition) is 2. The summed E-state index contributed by atoms with van der Waals surface area (Å²) in [7, 11) is 0. The molecule has 2 amide bonds. The van der Waals surface area contributed by atoms with Gasteiger partial charge in [-0.3, -0.25) is 9.79 Å². The van der Waals surface area contributed by atoms with Gasteiger partial charge in [0.1, 0.15) is 5.60 Å². The molecular formula is C22H42IN5O3. The number of nitrogens with one attached hydrogen (secondary N) is 2. The number of guanidine groups is 1. The molecule has 2 rings (SSSR count). The number of nitrogens with zero attached hydrogens (tertiary/aromatic N) is 3. The molecule has 2 atom stereocenters. The number of halogens is 1. The quantitative estimate of drug-likeness (QED) is 0.301. The van der Waals surface area contributed by atoms with Crippen LogP contribution < -0.4 is 10.6 Å². The van der Waals surface area contributed by atoms with Gasteiger partial charge in [0.25, 0.3) is 0 Å². The van der Waals surface area contributed by atoms with Crippen molar-refractivity contribution in [3.05, 3.63) is 0 Å². The number of carbonyl (C=O) groups excluding carboxylic acids is 2. The fraction of sp³-hybridized carbons (Fsp3) is 0.864. The molecule has 0 spiro atoms. The van der Waals surface area contributed by atoms with E-state index >= 15 is 0 Å². The zero-order chi connectivity index (χ0) is 22.1. The number of carbonyl (C=O) groups is 2. The van der Waals surface area contributed by atoms with Crippen LogP contribution in [0.25, 0.3) is 0 Å². The number of piperidine rings is 1. The SMILES string of the molecule is CCNC(=NCCC1CCCN(C(=O)OC(C)(C)C)C1)NC1CCN(C(=O)CC)C1.I. The van der Waals surface area contributed by atoms with Crippen LogP contribution in [0.5, 0.6) is 0 Å². The molecule has 0 bridgehead atoms. The zero-order valence-corrected chi connectivity index (χ0v) is 22.2. The molecule has 31 heavy (non-hydrogen) atoms. The molecule has 0 radical (unpaired) electrons. The first kappa shape index (κ1) is 27.8. The summed E-state index contributed by atoms with van der Waals surface area (Å²) >= 11 is 0. The summed E-state index contributed by atoms with van der Waals surface area (Å²) in [6.45, 7) is 14.2. The summed E-state index contributed by atoms with van der Waals surface area (Å²) in [6, 6.07) is 0.246. The van der Waals surface area contributed by atoms with E-state index < -0.39 is 5.60 Å². The Kier molecular flexibility index (Phi) is 11.9. The standard InChI is InChI=1S/C22H41N5O3.HI/c1-6-19(28)26-14-11-18(16-26)25-20(23-7-2)24-12-10-17-9-8-13-27(15-17)21(29)30-22(3,4)5;/h17-18H,6-16H2,1-5H3,(H2,23,24,25);1H. The smallest absolute Gasteiger partial charge is 0.410 e. The molecule has 2 heterocycles. The van der Waals surface area contributed by atoms with Crippen LogP contribution in [-0.2, 0) is 9.53 Å². The fourth-order valence-electron chi connectivity index (χ4n) is 3.99. The van der Waals surface area contributed by atoms with Crippen LogP contribution in [-0.4, -0.2) is 78.7 Å². The van der Waals surface area contributed by atoms with E-state index in [1.165, 1.54) is 0 Å². The van der Waals surface area contributed by atoms with Crippen molar-refractivity contribution in [3.8, 4) is 0 Å². The van der Waals surface area contributed by atoms with Crippen molar-refractivity contribution in [1.82, 2.24) is 20.4 Å². The third-order valence-corrected chi connectivity index (χ3v) is 5.51. The van der Waals surface area contributed by atoms with Crippen LogP contribution in [0.4, 0.5) is 4.79 Å². The molecule has 0 aliphatic carbocycles. The molecule has 0 aromatic heterocycles. The minimum atomic E-state index is -0.460. The number of amides is 2. The molecular weight excluding hydrogens is 509 g/mol. The van der Waals surface area contributed by atoms with Crippen LogP contribution in [0, 0.1) is 5.92 Å². The Morgan fingerprint density at radius 1 is 1.10 bits per heavy atom. The molecule has 0 saturated carbocycles. The number of aliphatic imine (C=N–C) groups is 1. The summed E-state index contributed by atoms with van der Waals surface area (Å²) in [5.41, 5.74) is -0.460. The highest BCUT2D eigenvalue weighted by Gasteiger charge is 2.28. The zero-order valence-electron chi connectivity index (χ0n) is 19.9. The number of hydrogen-bond acceptors (Lipinski definition) is 4. The summed E-state index contributed by atoms with van der Waals surface area (Å²) in [5.74, 6) is 1.48. The normalized spacial score (nSPS) is 22.0. The van der Waals surface area contributed by atoms with Gasteiger partial charge in [0.2, 0.25) is 5.91 Å². The van der Waals surface area contributed by atoms with E-state index in [2.05, 4.69) is 17.6 Å². The lowest BCUT2D eigenvalue weighted by Crippen LogP contribution is -2.45. The summed E-state index contributed by atoms with van der Waals surface area (Å²) in [4.78, 5) is 32.7. The Bertz CT molecular complexity index is 608. The number of likely N-dealkylation sites (tertiary alicyclic amines) is 2. The molecule has 9 heteroatoms. The monoisotopic (exact) mass is 551 g/mol. The van der Waals surface area contributed by atoms with Crippen molar-refractivity contribution >= 4 is 41.9 Å². The lowest BCUT2D eigenvalue weighted by Gasteiger charge is -2.34. The summed E-state index contributed by atoms with van der Waals surface area (Å²) < 4.78 is 5.52. The van der Waals surface area contributed by atoms with E-state index in [9.17, 15) is 9.59 Å². The van der Waals surface area contributed by atoms with E-state index in [4.69, 9.17) is 9.73 Å². The van der Waals surface area contributed by atoms with Gasteiger partial charge in [-0.1, -0.05) is 6.92 Å². The molecule has 2 fully saturated rings. The molecule has 0 aromatic rings. The van der Waals surface area contributed by atoms with Gasteiger partial charge in [-0.05, 0) is 59.3 Å². The van der Waals surface area contributed by atoms with Gasteiger partial charge in [-0.2, -0.15) is 0 Å². The van der Waals surface area contributed by atoms with E-state index in [0.717, 1.165) is 64.4 Å². The Morgan fingerprint density at radius 2 is 1.84 bits per heavy atom. The van der Waals surface area contributed by atoms with Gasteiger partial charge in [-0.25, -0.2) is 4.79 Å². The van der Waals surface area contributed by atoms with Crippen molar-refractivity contribution in [2.45, 2.75) is 78.4 Å². The maximum absolute atomic E-state index is 12.3. The molecule has 2 unspecified atom stereocenters. The number of rotatable bonds is 6. The Labute approximate surface area is 204 Å². The maximum atomic E-state index is 12.3. The molecule has 2 aliphatic heterocycles. The van der Waals surface area contributed by atoms with Gasteiger partial charge in [0, 0.05) is 51.7 Å². The predicted molar refractivity (Wildman–Crippen MR) is 135 cm³/mol. The largest absolute Gasteiger partial charge is 0.444 e. The molecule has 2 N–H and O–H groups in total. The second-order valence-corrected chi connectivity index (χ2v) is 9.31. The summed E-state index contributed by atoms with van der Waals surface area (Å²) in [5, 5.41) is 6.79. The average molecular weight is 552 g/mol. The van der Waals surface area contributed by atoms with Crippen LogP contribution >= 0.6 is 24.0 Å². The highest BCUT2D eigenvalue weighted by atomic mass is 127. The molecule has 2 saturated heterocycles. The second kappa shape index (κ2) is 13.3. The first-order chi connectivity index (χ1) is 14.2. The Hall–Kier alpha value is -1.26. The first-order valence-electron chi connectivity index (χ1n) is 11.5. The fourth-order valence-corrected chi connectivity index (χ4v) is 3.99. The van der Waals surface area contributed by atoms with Crippen molar-refractivity contribution < 1.29 is 14.3 Å². The third-order valence-electron chi connectivity index (χ3n) is 5.51. The van der Waals surface area contributed by atoms with Crippen LogP contribution in [0.3, 0.4) is 0 Å². The molecule has 2 aliphatic rings. The van der Waals surface area contributed by atoms with Gasteiger partial charge < -0.3 is 25.2 Å². The summed E-state index contributed by atoms with van der Waals surface area (Å²) in [6.07, 6.45) is 4.37. The van der Waals surface area contributed by atoms with E-state index in [0.29, 0.717) is 18.9 Å². The minimum Gasteiger partial charge on any atom is -0.444 e. The molecule has 0 aromatic carbocycles. The average Bonchev–Trinajstić information content (AvgIpc) is 3.15. The lowest BCUT2D eigenvalue weighted by molar-refractivity contribution is -0.129. The van der Waals surface area contributed by atoms with Crippen molar-refractivity contribution in [1.29, 1.82) is 0 Å². The minimum absolute atomic E-state index is 0. The highest BCUT2D eigenvalue weighted by molar-refractivity contribution is 14.0. The van der Waals surface area contributed by atoms with Crippen LogP contribution in [0.15, 0.2) is 4.99 Å². The van der Waals surface area contributed by atoms with E-state index in [-0.39, 0.29) is 42.0 Å². The van der Waals surface area contributed by atoms with Crippen molar-refractivity contribution in [2.24, 2.45) is 10.9 Å². The predicted octanol–water partition coefficient (Wildman–Crippen LogP) is 3.21. The van der Waals surface area contributed by atoms with Gasteiger partial charge >= 0.3 is 6.09 Å². The highest BCUT2D eigenvalue weighted by Crippen LogP contribution is 2.21. The first-order valence-corrected chi connectivity index (χ1v) is 11.5. The topological polar surface area (TPSA) is 86.3 Å². The van der Waals surface area contributed by atoms with Crippen molar-refractivity contribution in [3.63, 3.8) is 0 Å². The van der Waals surface area contributed by atoms with Gasteiger partial charge in [0.05, 0.1) is 0 Å². The third kappa shape index (κ3) is 9.82. The van der Waals surface area contributed by atoms with E-state index in [1.807, 2.05) is 37.5 Å². The lowest BCUT2D eigenvalue weighted by atomic mass is 9.95. The molecule has 8 nitrogen and oxygen atoms in total. The second-order valence-electron chi connectivity index (χ2n) is 9.31. The van der Waals surface area contributed by atoms with Crippen LogP contribution in [0.1, 0.15) is 66.7 Å².